The van der Waals surface area contributed by atoms with Gasteiger partial charge in [-0.3, -0.25) is 0 Å². The van der Waals surface area contributed by atoms with Crippen molar-refractivity contribution in [2.24, 2.45) is 11.8 Å². The highest BCUT2D eigenvalue weighted by Gasteiger charge is 2.23. The fourth-order valence-corrected chi connectivity index (χ4v) is 5.15. The smallest absolute Gasteiger partial charge is 0.151 e. The molecule has 0 unspecified atom stereocenters. The number of rotatable bonds is 6. The van der Waals surface area contributed by atoms with Gasteiger partial charge in [0.25, 0.3) is 0 Å². The Balaban J connectivity index is 1.63. The quantitative estimate of drug-likeness (QED) is 0.817. The van der Waals surface area contributed by atoms with Crippen molar-refractivity contribution in [3.05, 3.63) is 0 Å². The van der Waals surface area contributed by atoms with E-state index in [2.05, 4.69) is 12.2 Å². The zero-order valence-corrected chi connectivity index (χ0v) is 13.1. The SMILES string of the molecule is CC1CCC(NCCS(=O)(=O)CC2CCCC2)CC1. The van der Waals surface area contributed by atoms with Crippen LogP contribution < -0.4 is 5.32 Å². The second-order valence-corrected chi connectivity index (χ2v) is 8.90. The zero-order valence-electron chi connectivity index (χ0n) is 12.2. The van der Waals surface area contributed by atoms with Gasteiger partial charge in [-0.1, -0.05) is 19.8 Å². The highest BCUT2D eigenvalue weighted by Crippen LogP contribution is 2.26. The molecular formula is C15H29NO2S. The van der Waals surface area contributed by atoms with Crippen LogP contribution in [-0.4, -0.2) is 32.5 Å². The first kappa shape index (κ1) is 15.3. The van der Waals surface area contributed by atoms with Gasteiger partial charge in [0.2, 0.25) is 0 Å². The fourth-order valence-electron chi connectivity index (χ4n) is 3.50. The van der Waals surface area contributed by atoms with E-state index in [9.17, 15) is 8.42 Å². The monoisotopic (exact) mass is 287 g/mol. The van der Waals surface area contributed by atoms with Gasteiger partial charge >= 0.3 is 0 Å². The minimum Gasteiger partial charge on any atom is -0.313 e. The van der Waals surface area contributed by atoms with E-state index in [-0.39, 0.29) is 0 Å². The van der Waals surface area contributed by atoms with Gasteiger partial charge in [0.05, 0.1) is 11.5 Å². The van der Waals surface area contributed by atoms with E-state index >= 15 is 0 Å². The van der Waals surface area contributed by atoms with Crippen LogP contribution in [0, 0.1) is 11.8 Å². The van der Waals surface area contributed by atoms with E-state index in [0.717, 1.165) is 18.8 Å². The summed E-state index contributed by atoms with van der Waals surface area (Å²) in [6, 6.07) is 0.554. The Labute approximate surface area is 118 Å². The molecule has 0 aromatic heterocycles. The lowest BCUT2D eigenvalue weighted by Crippen LogP contribution is -2.36. The van der Waals surface area contributed by atoms with Crippen LogP contribution in [0.5, 0.6) is 0 Å². The molecule has 0 amide bonds. The van der Waals surface area contributed by atoms with Crippen molar-refractivity contribution in [1.29, 1.82) is 0 Å². The zero-order chi connectivity index (χ0) is 13.7. The van der Waals surface area contributed by atoms with Crippen LogP contribution in [0.15, 0.2) is 0 Å². The Hall–Kier alpha value is -0.0900. The van der Waals surface area contributed by atoms with E-state index in [1.54, 1.807) is 0 Å². The summed E-state index contributed by atoms with van der Waals surface area (Å²) in [7, 11) is -2.84. The molecule has 2 fully saturated rings. The largest absolute Gasteiger partial charge is 0.313 e. The average Bonchev–Trinajstić information content (AvgIpc) is 2.83. The van der Waals surface area contributed by atoms with E-state index in [0.29, 0.717) is 30.0 Å². The van der Waals surface area contributed by atoms with Crippen LogP contribution in [0.1, 0.15) is 58.3 Å². The van der Waals surface area contributed by atoms with Gasteiger partial charge < -0.3 is 5.32 Å². The normalized spacial score (nSPS) is 29.7. The molecule has 0 radical (unpaired) electrons. The molecule has 4 heteroatoms. The summed E-state index contributed by atoms with van der Waals surface area (Å²) in [6.07, 6.45) is 9.67. The minimum absolute atomic E-state index is 0.329. The summed E-state index contributed by atoms with van der Waals surface area (Å²) in [5.41, 5.74) is 0. The minimum atomic E-state index is -2.84. The van der Waals surface area contributed by atoms with Crippen LogP contribution in [0.2, 0.25) is 0 Å². The van der Waals surface area contributed by atoms with Crippen LogP contribution in [-0.2, 0) is 9.84 Å². The van der Waals surface area contributed by atoms with E-state index in [1.807, 2.05) is 0 Å². The Kier molecular flexibility index (Phi) is 5.70. The van der Waals surface area contributed by atoms with Gasteiger partial charge in [-0.15, -0.1) is 0 Å². The number of hydrogen-bond donors (Lipinski definition) is 1. The molecule has 0 bridgehead atoms. The maximum Gasteiger partial charge on any atom is 0.151 e. The summed E-state index contributed by atoms with van der Waals surface area (Å²) >= 11 is 0. The summed E-state index contributed by atoms with van der Waals surface area (Å²) in [4.78, 5) is 0. The average molecular weight is 287 g/mol. The van der Waals surface area contributed by atoms with E-state index in [4.69, 9.17) is 0 Å². The molecule has 2 saturated carbocycles. The highest BCUT2D eigenvalue weighted by molar-refractivity contribution is 7.91. The Bertz CT molecular complexity index is 352. The molecule has 0 atom stereocenters. The summed E-state index contributed by atoms with van der Waals surface area (Å²) < 4.78 is 24.1. The Morgan fingerprint density at radius 2 is 1.63 bits per heavy atom. The molecule has 0 aliphatic heterocycles. The predicted molar refractivity (Wildman–Crippen MR) is 80.0 cm³/mol. The molecule has 0 aromatic carbocycles. The van der Waals surface area contributed by atoms with Crippen molar-refractivity contribution in [2.75, 3.05) is 18.1 Å². The molecule has 0 aromatic rings. The van der Waals surface area contributed by atoms with Crippen molar-refractivity contribution < 1.29 is 8.42 Å². The van der Waals surface area contributed by atoms with Crippen LogP contribution >= 0.6 is 0 Å². The van der Waals surface area contributed by atoms with Crippen molar-refractivity contribution >= 4 is 9.84 Å². The van der Waals surface area contributed by atoms with Gasteiger partial charge in [-0.25, -0.2) is 8.42 Å². The third-order valence-electron chi connectivity index (χ3n) is 4.83. The predicted octanol–water partition coefficient (Wildman–Crippen LogP) is 2.76. The number of nitrogens with one attached hydrogen (secondary N) is 1. The molecule has 2 aliphatic carbocycles. The Morgan fingerprint density at radius 1 is 1.00 bits per heavy atom. The van der Waals surface area contributed by atoms with Gasteiger partial charge in [0.1, 0.15) is 0 Å². The van der Waals surface area contributed by atoms with Gasteiger partial charge in [-0.05, 0) is 50.4 Å². The fraction of sp³-hybridized carbons (Fsp3) is 1.00. The van der Waals surface area contributed by atoms with Crippen molar-refractivity contribution in [3.8, 4) is 0 Å². The molecule has 2 rings (SSSR count). The molecular weight excluding hydrogens is 258 g/mol. The maximum absolute atomic E-state index is 12.0. The summed E-state index contributed by atoms with van der Waals surface area (Å²) in [5.74, 6) is 2.05. The molecule has 19 heavy (non-hydrogen) atoms. The number of sulfone groups is 1. The number of hydrogen-bond acceptors (Lipinski definition) is 3. The molecule has 112 valence electrons. The third-order valence-corrected chi connectivity index (χ3v) is 6.63. The van der Waals surface area contributed by atoms with Crippen LogP contribution in [0.3, 0.4) is 0 Å². The Morgan fingerprint density at radius 3 is 2.26 bits per heavy atom. The van der Waals surface area contributed by atoms with Gasteiger partial charge in [-0.2, -0.15) is 0 Å². The third kappa shape index (κ3) is 5.42. The van der Waals surface area contributed by atoms with Crippen molar-refractivity contribution in [1.82, 2.24) is 5.32 Å². The maximum atomic E-state index is 12.0. The van der Waals surface area contributed by atoms with Crippen molar-refractivity contribution in [3.63, 3.8) is 0 Å². The second-order valence-electron chi connectivity index (χ2n) is 6.68. The summed E-state index contributed by atoms with van der Waals surface area (Å²) in [5, 5.41) is 3.44. The lowest BCUT2D eigenvalue weighted by Gasteiger charge is -2.27. The lowest BCUT2D eigenvalue weighted by molar-refractivity contribution is 0.311. The van der Waals surface area contributed by atoms with Crippen LogP contribution in [0.4, 0.5) is 0 Å². The molecule has 2 aliphatic rings. The van der Waals surface area contributed by atoms with Crippen molar-refractivity contribution in [2.45, 2.75) is 64.3 Å². The molecule has 3 nitrogen and oxygen atoms in total. The van der Waals surface area contributed by atoms with Gasteiger partial charge in [0.15, 0.2) is 9.84 Å². The molecule has 1 N–H and O–H groups in total. The second kappa shape index (κ2) is 7.07. The standard InChI is InChI=1S/C15H29NO2S/c1-13-6-8-15(9-7-13)16-10-11-19(17,18)12-14-4-2-3-5-14/h13-16H,2-12H2,1H3. The van der Waals surface area contributed by atoms with E-state index < -0.39 is 9.84 Å². The first-order chi connectivity index (χ1) is 9.05. The lowest BCUT2D eigenvalue weighted by atomic mass is 9.87. The topological polar surface area (TPSA) is 46.2 Å². The van der Waals surface area contributed by atoms with Crippen LogP contribution in [0.25, 0.3) is 0 Å². The first-order valence-electron chi connectivity index (χ1n) is 7.99. The summed E-state index contributed by atoms with van der Waals surface area (Å²) in [6.45, 7) is 2.95. The first-order valence-corrected chi connectivity index (χ1v) is 9.81. The highest BCUT2D eigenvalue weighted by atomic mass is 32.2. The van der Waals surface area contributed by atoms with Gasteiger partial charge in [0, 0.05) is 12.6 Å². The molecule has 0 heterocycles. The molecule has 0 spiro atoms. The molecule has 0 saturated heterocycles. The van der Waals surface area contributed by atoms with E-state index in [1.165, 1.54) is 38.5 Å².